The van der Waals surface area contributed by atoms with Crippen LogP contribution in [0.5, 0.6) is 5.75 Å². The van der Waals surface area contributed by atoms with Crippen LogP contribution in [0.2, 0.25) is 0 Å². The Balaban J connectivity index is 1.69. The first kappa shape index (κ1) is 19.2. The van der Waals surface area contributed by atoms with Crippen molar-refractivity contribution in [1.82, 2.24) is 14.8 Å². The summed E-state index contributed by atoms with van der Waals surface area (Å²) in [6, 6.07) is 5.87. The molecule has 1 aromatic carbocycles. The molecule has 0 radical (unpaired) electrons. The average molecular weight is 399 g/mol. The molecule has 8 heteroatoms. The van der Waals surface area contributed by atoms with Gasteiger partial charge in [0.05, 0.1) is 5.56 Å². The monoisotopic (exact) mass is 399 g/mol. The van der Waals surface area contributed by atoms with Crippen LogP contribution in [0.25, 0.3) is 0 Å². The number of aromatic hydroxyl groups is 1. The molecule has 1 aliphatic carbocycles. The zero-order valence-corrected chi connectivity index (χ0v) is 16.1. The minimum atomic E-state index is -0.778. The van der Waals surface area contributed by atoms with E-state index in [1.54, 1.807) is 12.1 Å². The fraction of sp³-hybridized carbons (Fsp3) is 0.381. The molecule has 2 aliphatic rings. The van der Waals surface area contributed by atoms with E-state index in [1.165, 1.54) is 24.1 Å². The maximum atomic E-state index is 13.1. The quantitative estimate of drug-likeness (QED) is 0.819. The molecule has 152 valence electrons. The fourth-order valence-electron chi connectivity index (χ4n) is 3.87. The van der Waals surface area contributed by atoms with Crippen molar-refractivity contribution in [2.45, 2.75) is 38.3 Å². The minimum absolute atomic E-state index is 0.0799. The van der Waals surface area contributed by atoms with Crippen molar-refractivity contribution < 1.29 is 19.1 Å². The van der Waals surface area contributed by atoms with Gasteiger partial charge in [-0.3, -0.25) is 14.4 Å². The van der Waals surface area contributed by atoms with E-state index in [9.17, 15) is 23.9 Å². The van der Waals surface area contributed by atoms with E-state index in [2.05, 4.69) is 5.32 Å². The number of hydrogen-bond donors (Lipinski definition) is 2. The van der Waals surface area contributed by atoms with Crippen molar-refractivity contribution in [3.05, 3.63) is 62.8 Å². The van der Waals surface area contributed by atoms with Crippen LogP contribution in [0.4, 0.5) is 4.39 Å². The number of aromatic nitrogens is 1. The first-order valence-corrected chi connectivity index (χ1v) is 9.66. The maximum absolute atomic E-state index is 13.1. The predicted molar refractivity (Wildman–Crippen MR) is 103 cm³/mol. The van der Waals surface area contributed by atoms with Crippen LogP contribution in [0, 0.1) is 5.82 Å². The highest BCUT2D eigenvalue weighted by atomic mass is 19.1. The van der Waals surface area contributed by atoms with Gasteiger partial charge >= 0.3 is 0 Å². The highest BCUT2D eigenvalue weighted by molar-refractivity contribution is 6.03. The highest BCUT2D eigenvalue weighted by Crippen LogP contribution is 2.29. The van der Waals surface area contributed by atoms with E-state index in [-0.39, 0.29) is 29.7 Å². The number of hydrogen-bond acceptors (Lipinski definition) is 4. The van der Waals surface area contributed by atoms with Gasteiger partial charge in [-0.25, -0.2) is 4.39 Å². The smallest absolute Gasteiger partial charge is 0.293 e. The van der Waals surface area contributed by atoms with Crippen molar-refractivity contribution in [2.24, 2.45) is 7.05 Å². The van der Waals surface area contributed by atoms with Crippen molar-refractivity contribution >= 4 is 11.8 Å². The lowest BCUT2D eigenvalue weighted by Gasteiger charge is -2.32. The van der Waals surface area contributed by atoms with Crippen molar-refractivity contribution in [1.29, 1.82) is 0 Å². The van der Waals surface area contributed by atoms with Crippen molar-refractivity contribution in [2.75, 3.05) is 6.54 Å². The van der Waals surface area contributed by atoms with Crippen LogP contribution in [0.3, 0.4) is 0 Å². The number of nitrogens with zero attached hydrogens (tertiary/aromatic N) is 2. The van der Waals surface area contributed by atoms with Gasteiger partial charge in [-0.05, 0) is 43.4 Å². The Kier molecular flexibility index (Phi) is 4.86. The summed E-state index contributed by atoms with van der Waals surface area (Å²) in [5.41, 5.74) is 0.362. The summed E-state index contributed by atoms with van der Waals surface area (Å²) in [5.74, 6) is -1.92. The standard InChI is InChI=1S/C21H22FN3O4/c1-24-17(19(27)23-14-3-2-4-14)15-9-10-25(11-12-5-7-13(22)8-6-12)20(28)16(15)18(26)21(24)29/h5-8,14,26H,2-4,9-11H2,1H3,(H,23,27). The zero-order valence-electron chi connectivity index (χ0n) is 16.1. The van der Waals surface area contributed by atoms with Gasteiger partial charge in [0.15, 0.2) is 5.75 Å². The number of rotatable bonds is 4. The molecule has 0 unspecified atom stereocenters. The Morgan fingerprint density at radius 1 is 1.24 bits per heavy atom. The van der Waals surface area contributed by atoms with Crippen LogP contribution in [0.1, 0.15) is 51.2 Å². The zero-order chi connectivity index (χ0) is 20.7. The highest BCUT2D eigenvalue weighted by Gasteiger charge is 2.35. The van der Waals surface area contributed by atoms with Gasteiger partial charge in [0, 0.05) is 31.7 Å². The molecule has 0 saturated heterocycles. The van der Waals surface area contributed by atoms with E-state index in [1.807, 2.05) is 0 Å². The number of fused-ring (bicyclic) bond motifs is 1. The molecule has 0 bridgehead atoms. The molecule has 1 aliphatic heterocycles. The van der Waals surface area contributed by atoms with Gasteiger partial charge < -0.3 is 19.9 Å². The summed E-state index contributed by atoms with van der Waals surface area (Å²) < 4.78 is 14.2. The second-order valence-corrected chi connectivity index (χ2v) is 7.62. The number of halogens is 1. The SMILES string of the molecule is Cn1c(C(=O)NC2CCC2)c2c(c(O)c1=O)C(=O)N(Cc1ccc(F)cc1)CC2. The summed E-state index contributed by atoms with van der Waals surface area (Å²) in [4.78, 5) is 39.8. The third-order valence-electron chi connectivity index (χ3n) is 5.74. The molecular weight excluding hydrogens is 377 g/mol. The largest absolute Gasteiger partial charge is 0.502 e. The summed E-state index contributed by atoms with van der Waals surface area (Å²) in [6.07, 6.45) is 3.17. The summed E-state index contributed by atoms with van der Waals surface area (Å²) in [5, 5.41) is 13.3. The third-order valence-corrected chi connectivity index (χ3v) is 5.74. The molecule has 2 aromatic rings. The first-order chi connectivity index (χ1) is 13.9. The number of carbonyl (C=O) groups is 2. The average Bonchev–Trinajstić information content (AvgIpc) is 2.66. The van der Waals surface area contributed by atoms with Crippen molar-refractivity contribution in [3.8, 4) is 5.75 Å². The normalized spacial score (nSPS) is 16.3. The maximum Gasteiger partial charge on any atom is 0.293 e. The van der Waals surface area contributed by atoms with Gasteiger partial charge in [0.2, 0.25) is 0 Å². The van der Waals surface area contributed by atoms with Gasteiger partial charge in [-0.2, -0.15) is 0 Å². The third kappa shape index (κ3) is 3.39. The summed E-state index contributed by atoms with van der Waals surface area (Å²) in [7, 11) is 1.42. The van der Waals surface area contributed by atoms with E-state index >= 15 is 0 Å². The molecule has 1 aromatic heterocycles. The van der Waals surface area contributed by atoms with Crippen LogP contribution < -0.4 is 10.9 Å². The van der Waals surface area contributed by atoms with E-state index in [0.717, 1.165) is 29.4 Å². The molecule has 0 atom stereocenters. The van der Waals surface area contributed by atoms with Gasteiger partial charge in [-0.1, -0.05) is 12.1 Å². The lowest BCUT2D eigenvalue weighted by molar-refractivity contribution is 0.0721. The van der Waals surface area contributed by atoms with E-state index in [4.69, 9.17) is 0 Å². The molecule has 2 heterocycles. The predicted octanol–water partition coefficient (Wildman–Crippen LogP) is 1.71. The van der Waals surface area contributed by atoms with Crippen LogP contribution in [0.15, 0.2) is 29.1 Å². The summed E-state index contributed by atoms with van der Waals surface area (Å²) >= 11 is 0. The Labute approximate surface area is 166 Å². The molecule has 1 fully saturated rings. The molecular formula is C21H22FN3O4. The molecule has 2 amide bonds. The minimum Gasteiger partial charge on any atom is -0.502 e. The number of pyridine rings is 1. The Morgan fingerprint density at radius 3 is 2.55 bits per heavy atom. The van der Waals surface area contributed by atoms with Crippen molar-refractivity contribution in [3.63, 3.8) is 0 Å². The van der Waals surface area contributed by atoms with Crippen LogP contribution >= 0.6 is 0 Å². The van der Waals surface area contributed by atoms with E-state index in [0.29, 0.717) is 18.5 Å². The Bertz CT molecular complexity index is 1040. The van der Waals surface area contributed by atoms with Gasteiger partial charge in [-0.15, -0.1) is 0 Å². The molecule has 1 saturated carbocycles. The van der Waals surface area contributed by atoms with Crippen LogP contribution in [-0.4, -0.2) is 39.0 Å². The number of amides is 2. The van der Waals surface area contributed by atoms with Gasteiger partial charge in [0.1, 0.15) is 11.5 Å². The second kappa shape index (κ2) is 7.35. The first-order valence-electron chi connectivity index (χ1n) is 9.66. The molecule has 2 N–H and O–H groups in total. The summed E-state index contributed by atoms with van der Waals surface area (Å²) in [6.45, 7) is 0.543. The number of nitrogens with one attached hydrogen (secondary N) is 1. The molecule has 29 heavy (non-hydrogen) atoms. The van der Waals surface area contributed by atoms with Crippen LogP contribution in [-0.2, 0) is 20.0 Å². The fourth-order valence-corrected chi connectivity index (χ4v) is 3.87. The molecule has 0 spiro atoms. The second-order valence-electron chi connectivity index (χ2n) is 7.62. The molecule has 7 nitrogen and oxygen atoms in total. The lowest BCUT2D eigenvalue weighted by atomic mass is 9.92. The lowest BCUT2D eigenvalue weighted by Crippen LogP contribution is -2.45. The Morgan fingerprint density at radius 2 is 1.93 bits per heavy atom. The topological polar surface area (TPSA) is 91.6 Å². The number of benzene rings is 1. The number of carbonyl (C=O) groups excluding carboxylic acids is 2. The van der Waals surface area contributed by atoms with E-state index < -0.39 is 23.1 Å². The molecule has 4 rings (SSSR count). The van der Waals surface area contributed by atoms with Gasteiger partial charge in [0.25, 0.3) is 17.4 Å². The Hall–Kier alpha value is -3.16.